The molecule has 1 aromatic heterocycles. The summed E-state index contributed by atoms with van der Waals surface area (Å²) in [6.45, 7) is 2.20. The van der Waals surface area contributed by atoms with Gasteiger partial charge in [0.1, 0.15) is 5.82 Å². The molecule has 0 radical (unpaired) electrons. The third kappa shape index (κ3) is 4.95. The molecule has 2 N–H and O–H groups in total. The van der Waals surface area contributed by atoms with Gasteiger partial charge in [0.2, 0.25) is 0 Å². The Morgan fingerprint density at radius 3 is 2.58 bits per heavy atom. The Bertz CT molecular complexity index is 783. The molecule has 26 heavy (non-hydrogen) atoms. The van der Waals surface area contributed by atoms with E-state index in [0.29, 0.717) is 10.9 Å². The summed E-state index contributed by atoms with van der Waals surface area (Å²) >= 11 is 18.4. The molecule has 3 rings (SSSR count). The van der Waals surface area contributed by atoms with Crippen LogP contribution in [0.5, 0.6) is 0 Å². The van der Waals surface area contributed by atoms with Crippen molar-refractivity contribution >= 4 is 66.6 Å². The highest BCUT2D eigenvalue weighted by atomic mass is 79.9. The second-order valence-electron chi connectivity index (χ2n) is 6.19. The Kier molecular flexibility index (Phi) is 6.91. The molecule has 2 aromatic rings. The van der Waals surface area contributed by atoms with Crippen molar-refractivity contribution in [3.63, 3.8) is 0 Å². The van der Waals surface area contributed by atoms with Crippen LogP contribution in [0.2, 0.25) is 5.02 Å². The second-order valence-corrected chi connectivity index (χ2v) is 8.81. The van der Waals surface area contributed by atoms with Gasteiger partial charge in [0, 0.05) is 40.9 Å². The van der Waals surface area contributed by atoms with Crippen LogP contribution in [0.4, 0.5) is 5.82 Å². The van der Waals surface area contributed by atoms with Crippen LogP contribution in [0.15, 0.2) is 45.5 Å². The summed E-state index contributed by atoms with van der Waals surface area (Å²) in [6, 6.07) is 9.99. The number of thiocarbonyl (C=S) groups is 1. The van der Waals surface area contributed by atoms with Crippen molar-refractivity contribution in [3.05, 3.63) is 56.1 Å². The maximum atomic E-state index is 6.05. The minimum atomic E-state index is -0.0288. The summed E-state index contributed by atoms with van der Waals surface area (Å²) in [6.07, 6.45) is 3.60. The molecule has 138 valence electrons. The predicted molar refractivity (Wildman–Crippen MR) is 117 cm³/mol. The van der Waals surface area contributed by atoms with Crippen LogP contribution < -0.4 is 10.6 Å². The number of nitrogens with zero attached hydrogens (tertiary/aromatic N) is 1. The molecule has 0 amide bonds. The second kappa shape index (κ2) is 8.97. The SMILES string of the molecule is S=C(NCC1(c2ccc(Cl)cc2)CCOCC1)Nc1ncc(Br)cc1Br. The quantitative estimate of drug-likeness (QED) is 0.537. The highest BCUT2D eigenvalue weighted by Crippen LogP contribution is 2.35. The number of aromatic nitrogens is 1. The number of hydrogen-bond donors (Lipinski definition) is 2. The Balaban J connectivity index is 1.69. The first-order valence-electron chi connectivity index (χ1n) is 8.18. The third-order valence-corrected chi connectivity index (χ3v) is 6.07. The molecule has 0 aliphatic carbocycles. The number of ether oxygens (including phenoxy) is 1. The fourth-order valence-corrected chi connectivity index (χ4v) is 4.42. The van der Waals surface area contributed by atoms with E-state index in [-0.39, 0.29) is 5.41 Å². The molecule has 1 saturated heterocycles. The van der Waals surface area contributed by atoms with Crippen LogP contribution in [-0.4, -0.2) is 29.9 Å². The fraction of sp³-hybridized carbons (Fsp3) is 0.333. The molecular weight excluding hydrogens is 502 g/mol. The van der Waals surface area contributed by atoms with E-state index in [1.165, 1.54) is 5.56 Å². The lowest BCUT2D eigenvalue weighted by atomic mass is 9.74. The summed E-state index contributed by atoms with van der Waals surface area (Å²) in [5.41, 5.74) is 1.22. The summed E-state index contributed by atoms with van der Waals surface area (Å²) in [4.78, 5) is 4.33. The molecular formula is C18H18Br2ClN3OS. The number of nitrogens with one attached hydrogen (secondary N) is 2. The van der Waals surface area contributed by atoms with Crippen LogP contribution >= 0.6 is 55.7 Å². The molecule has 0 spiro atoms. The van der Waals surface area contributed by atoms with Crippen LogP contribution in [0, 0.1) is 0 Å². The van der Waals surface area contributed by atoms with Gasteiger partial charge in [0.25, 0.3) is 0 Å². The van der Waals surface area contributed by atoms with Gasteiger partial charge >= 0.3 is 0 Å². The minimum absolute atomic E-state index is 0.0288. The van der Waals surface area contributed by atoms with Gasteiger partial charge in [-0.25, -0.2) is 4.98 Å². The zero-order valence-electron chi connectivity index (χ0n) is 13.9. The van der Waals surface area contributed by atoms with Crippen LogP contribution in [0.3, 0.4) is 0 Å². The number of hydrogen-bond acceptors (Lipinski definition) is 3. The van der Waals surface area contributed by atoms with Gasteiger partial charge in [0.15, 0.2) is 5.11 Å². The van der Waals surface area contributed by atoms with Crippen molar-refractivity contribution in [3.8, 4) is 0 Å². The number of anilines is 1. The van der Waals surface area contributed by atoms with Crippen LogP contribution in [0.1, 0.15) is 18.4 Å². The monoisotopic (exact) mass is 517 g/mol. The predicted octanol–water partition coefficient (Wildman–Crippen LogP) is 5.29. The zero-order valence-corrected chi connectivity index (χ0v) is 18.6. The van der Waals surface area contributed by atoms with Crippen molar-refractivity contribution in [1.82, 2.24) is 10.3 Å². The molecule has 0 unspecified atom stereocenters. The number of benzene rings is 1. The van der Waals surface area contributed by atoms with Gasteiger partial charge < -0.3 is 15.4 Å². The minimum Gasteiger partial charge on any atom is -0.381 e. The molecule has 0 bridgehead atoms. The molecule has 4 nitrogen and oxygen atoms in total. The number of rotatable bonds is 4. The van der Waals surface area contributed by atoms with Gasteiger partial charge in [-0.15, -0.1) is 0 Å². The molecule has 2 heterocycles. The van der Waals surface area contributed by atoms with E-state index in [9.17, 15) is 0 Å². The Morgan fingerprint density at radius 1 is 1.23 bits per heavy atom. The molecule has 0 saturated carbocycles. The highest BCUT2D eigenvalue weighted by molar-refractivity contribution is 9.11. The topological polar surface area (TPSA) is 46.2 Å². The average Bonchev–Trinajstić information content (AvgIpc) is 2.64. The Hall–Kier alpha value is -0.730. The van der Waals surface area contributed by atoms with E-state index in [2.05, 4.69) is 59.6 Å². The first-order chi connectivity index (χ1) is 12.5. The van der Waals surface area contributed by atoms with E-state index >= 15 is 0 Å². The van der Waals surface area contributed by atoms with E-state index in [4.69, 9.17) is 28.6 Å². The number of halogens is 3. The summed E-state index contributed by atoms with van der Waals surface area (Å²) < 4.78 is 7.32. The van der Waals surface area contributed by atoms with Crippen molar-refractivity contribution in [2.24, 2.45) is 0 Å². The normalized spacial score (nSPS) is 16.1. The van der Waals surface area contributed by atoms with Crippen LogP contribution in [0.25, 0.3) is 0 Å². The molecule has 1 aliphatic rings. The Morgan fingerprint density at radius 2 is 1.92 bits per heavy atom. The van der Waals surface area contributed by atoms with E-state index in [0.717, 1.165) is 46.6 Å². The standard InChI is InChI=1S/C18H18Br2ClN3OS/c19-13-9-15(20)16(22-10-13)24-17(26)23-11-18(5-7-25-8-6-18)12-1-3-14(21)4-2-12/h1-4,9-10H,5-8,11H2,(H2,22,23,24,26). The summed E-state index contributed by atoms with van der Waals surface area (Å²) in [7, 11) is 0. The van der Waals surface area contributed by atoms with Crippen molar-refractivity contribution < 1.29 is 4.74 Å². The summed E-state index contributed by atoms with van der Waals surface area (Å²) in [5, 5.41) is 7.78. The lowest BCUT2D eigenvalue weighted by Crippen LogP contribution is -2.45. The maximum absolute atomic E-state index is 6.05. The fourth-order valence-electron chi connectivity index (χ4n) is 3.04. The first kappa shape index (κ1) is 20.0. The molecule has 8 heteroatoms. The third-order valence-electron chi connectivity index (χ3n) is 4.53. The Labute approximate surface area is 180 Å². The van der Waals surface area contributed by atoms with Crippen molar-refractivity contribution in [2.75, 3.05) is 25.1 Å². The van der Waals surface area contributed by atoms with Gasteiger partial charge in [-0.3, -0.25) is 0 Å². The molecule has 0 atom stereocenters. The van der Waals surface area contributed by atoms with Gasteiger partial charge in [-0.2, -0.15) is 0 Å². The smallest absolute Gasteiger partial charge is 0.172 e. The molecule has 1 aliphatic heterocycles. The van der Waals surface area contributed by atoms with Gasteiger partial charge in [0.05, 0.1) is 4.47 Å². The lowest BCUT2D eigenvalue weighted by Gasteiger charge is -2.38. The van der Waals surface area contributed by atoms with E-state index in [1.54, 1.807) is 6.20 Å². The van der Waals surface area contributed by atoms with Crippen molar-refractivity contribution in [1.29, 1.82) is 0 Å². The van der Waals surface area contributed by atoms with E-state index in [1.807, 2.05) is 18.2 Å². The maximum Gasteiger partial charge on any atom is 0.172 e. The average molecular weight is 520 g/mol. The highest BCUT2D eigenvalue weighted by Gasteiger charge is 2.34. The van der Waals surface area contributed by atoms with Crippen LogP contribution in [-0.2, 0) is 10.2 Å². The van der Waals surface area contributed by atoms with Crippen molar-refractivity contribution in [2.45, 2.75) is 18.3 Å². The number of pyridine rings is 1. The molecule has 1 aromatic carbocycles. The largest absolute Gasteiger partial charge is 0.381 e. The first-order valence-corrected chi connectivity index (χ1v) is 10.6. The zero-order chi connectivity index (χ0) is 18.6. The lowest BCUT2D eigenvalue weighted by molar-refractivity contribution is 0.0515. The summed E-state index contributed by atoms with van der Waals surface area (Å²) in [5.74, 6) is 0.679. The van der Waals surface area contributed by atoms with Gasteiger partial charge in [-0.1, -0.05) is 23.7 Å². The van der Waals surface area contributed by atoms with Gasteiger partial charge in [-0.05, 0) is 80.7 Å². The molecule has 1 fully saturated rings. The van der Waals surface area contributed by atoms with E-state index < -0.39 is 0 Å².